The maximum absolute atomic E-state index is 5.76. The highest BCUT2D eigenvalue weighted by atomic mass is 79.9. The van der Waals surface area contributed by atoms with E-state index in [-0.39, 0.29) is 5.79 Å². The van der Waals surface area contributed by atoms with Gasteiger partial charge in [-0.2, -0.15) is 0 Å². The Kier molecular flexibility index (Phi) is 2.22. The minimum absolute atomic E-state index is 0.341. The Hall–Kier alpha value is 0.400. The van der Waals surface area contributed by atoms with E-state index >= 15 is 0 Å². The van der Waals surface area contributed by atoms with Crippen LogP contribution in [0.3, 0.4) is 0 Å². The van der Waals surface area contributed by atoms with Gasteiger partial charge in [-0.05, 0) is 32.6 Å². The van der Waals surface area contributed by atoms with Crippen molar-refractivity contribution in [2.75, 3.05) is 5.33 Å². The average Bonchev–Trinajstić information content (AvgIpc) is 2.40. The van der Waals surface area contributed by atoms with Gasteiger partial charge in [-0.25, -0.2) is 0 Å². The molecule has 1 heterocycles. The fourth-order valence-electron chi connectivity index (χ4n) is 2.19. The Morgan fingerprint density at radius 2 is 1.75 bits per heavy atom. The van der Waals surface area contributed by atoms with Crippen LogP contribution in [0.2, 0.25) is 0 Å². The van der Waals surface area contributed by atoms with Crippen LogP contribution in [-0.4, -0.2) is 23.3 Å². The van der Waals surface area contributed by atoms with Gasteiger partial charge < -0.3 is 9.47 Å². The molecule has 0 aromatic carbocycles. The van der Waals surface area contributed by atoms with E-state index in [0.717, 1.165) is 24.1 Å². The summed E-state index contributed by atoms with van der Waals surface area (Å²) >= 11 is 3.50. The zero-order chi connectivity index (χ0) is 8.77. The Bertz CT molecular complexity index is 165. The Labute approximate surface area is 81.7 Å². The summed E-state index contributed by atoms with van der Waals surface area (Å²) in [6, 6.07) is 0. The second kappa shape index (κ2) is 2.96. The number of hydrogen-bond donors (Lipinski definition) is 0. The van der Waals surface area contributed by atoms with Crippen LogP contribution in [0, 0.1) is 5.92 Å². The zero-order valence-corrected chi connectivity index (χ0v) is 9.13. The molecule has 3 heteroatoms. The van der Waals surface area contributed by atoms with Gasteiger partial charge in [-0.15, -0.1) is 0 Å². The molecule has 3 atom stereocenters. The van der Waals surface area contributed by atoms with Gasteiger partial charge in [0.25, 0.3) is 0 Å². The molecule has 0 radical (unpaired) electrons. The molecule has 0 aromatic rings. The third kappa shape index (κ3) is 1.54. The SMILES string of the molecule is CC1(C)O[C@H]2C[C@H](CBr)C[C@H]2O1. The van der Waals surface area contributed by atoms with Crippen LogP contribution < -0.4 is 0 Å². The maximum Gasteiger partial charge on any atom is 0.163 e. The van der Waals surface area contributed by atoms with E-state index < -0.39 is 0 Å². The van der Waals surface area contributed by atoms with Crippen LogP contribution in [-0.2, 0) is 9.47 Å². The minimum atomic E-state index is -0.341. The number of alkyl halides is 1. The first-order valence-electron chi connectivity index (χ1n) is 4.52. The second-order valence-electron chi connectivity index (χ2n) is 4.20. The van der Waals surface area contributed by atoms with Crippen LogP contribution in [0.4, 0.5) is 0 Å². The zero-order valence-electron chi connectivity index (χ0n) is 7.55. The van der Waals surface area contributed by atoms with Gasteiger partial charge in [0.2, 0.25) is 0 Å². The van der Waals surface area contributed by atoms with Gasteiger partial charge in [-0.3, -0.25) is 0 Å². The monoisotopic (exact) mass is 234 g/mol. The molecule has 2 rings (SSSR count). The van der Waals surface area contributed by atoms with E-state index in [1.54, 1.807) is 0 Å². The Morgan fingerprint density at radius 1 is 1.25 bits per heavy atom. The first-order valence-corrected chi connectivity index (χ1v) is 5.64. The lowest BCUT2D eigenvalue weighted by Gasteiger charge is -2.19. The van der Waals surface area contributed by atoms with Crippen molar-refractivity contribution in [2.24, 2.45) is 5.92 Å². The van der Waals surface area contributed by atoms with Gasteiger partial charge >= 0.3 is 0 Å². The van der Waals surface area contributed by atoms with Crippen LogP contribution in [0.25, 0.3) is 0 Å². The fraction of sp³-hybridized carbons (Fsp3) is 1.00. The Morgan fingerprint density at radius 3 is 2.17 bits per heavy atom. The molecule has 0 bridgehead atoms. The summed E-state index contributed by atoms with van der Waals surface area (Å²) < 4.78 is 11.5. The lowest BCUT2D eigenvalue weighted by molar-refractivity contribution is -0.153. The normalized spacial score (nSPS) is 44.8. The highest BCUT2D eigenvalue weighted by Gasteiger charge is 2.46. The molecular weight excluding hydrogens is 220 g/mol. The smallest absolute Gasteiger partial charge is 0.163 e. The van der Waals surface area contributed by atoms with Crippen LogP contribution in [0.15, 0.2) is 0 Å². The van der Waals surface area contributed by atoms with Crippen molar-refractivity contribution in [2.45, 2.75) is 44.7 Å². The van der Waals surface area contributed by atoms with E-state index in [1.165, 1.54) is 0 Å². The molecule has 1 aliphatic heterocycles. The summed E-state index contributed by atoms with van der Waals surface area (Å²) in [6.07, 6.45) is 3.00. The van der Waals surface area contributed by atoms with Crippen molar-refractivity contribution in [1.29, 1.82) is 0 Å². The standard InChI is InChI=1S/C9H15BrO2/c1-9(2)11-7-3-6(5-10)4-8(7)12-9/h6-8H,3-5H2,1-2H3/t6-,7-,8+. The third-order valence-corrected chi connectivity index (χ3v) is 3.55. The number of rotatable bonds is 1. The van der Waals surface area contributed by atoms with Crippen LogP contribution in [0.5, 0.6) is 0 Å². The number of halogens is 1. The predicted molar refractivity (Wildman–Crippen MR) is 50.3 cm³/mol. The number of ether oxygens (including phenoxy) is 2. The van der Waals surface area contributed by atoms with Gasteiger partial charge in [-0.1, -0.05) is 15.9 Å². The molecule has 0 amide bonds. The summed E-state index contributed by atoms with van der Waals surface area (Å²) in [4.78, 5) is 0. The van der Waals surface area contributed by atoms with E-state index in [4.69, 9.17) is 9.47 Å². The van der Waals surface area contributed by atoms with E-state index in [2.05, 4.69) is 15.9 Å². The summed E-state index contributed by atoms with van der Waals surface area (Å²) in [7, 11) is 0. The lowest BCUT2D eigenvalue weighted by atomic mass is 10.1. The molecule has 0 aromatic heterocycles. The molecule has 1 saturated carbocycles. The van der Waals surface area contributed by atoms with Crippen molar-refractivity contribution in [3.63, 3.8) is 0 Å². The average molecular weight is 235 g/mol. The van der Waals surface area contributed by atoms with E-state index in [9.17, 15) is 0 Å². The van der Waals surface area contributed by atoms with Crippen molar-refractivity contribution in [1.82, 2.24) is 0 Å². The highest BCUT2D eigenvalue weighted by molar-refractivity contribution is 9.09. The van der Waals surface area contributed by atoms with Gasteiger partial charge in [0.15, 0.2) is 5.79 Å². The molecule has 2 aliphatic rings. The molecule has 0 N–H and O–H groups in total. The predicted octanol–water partition coefficient (Wildman–Crippen LogP) is 2.31. The molecule has 1 aliphatic carbocycles. The Balaban J connectivity index is 1.97. The van der Waals surface area contributed by atoms with Gasteiger partial charge in [0.05, 0.1) is 12.2 Å². The summed E-state index contributed by atoms with van der Waals surface area (Å²) in [6.45, 7) is 3.99. The molecule has 2 nitrogen and oxygen atoms in total. The molecule has 12 heavy (non-hydrogen) atoms. The molecule has 0 spiro atoms. The van der Waals surface area contributed by atoms with E-state index in [1.807, 2.05) is 13.8 Å². The van der Waals surface area contributed by atoms with E-state index in [0.29, 0.717) is 12.2 Å². The second-order valence-corrected chi connectivity index (χ2v) is 4.85. The van der Waals surface area contributed by atoms with Crippen molar-refractivity contribution < 1.29 is 9.47 Å². The summed E-state index contributed by atoms with van der Waals surface area (Å²) in [5.41, 5.74) is 0. The minimum Gasteiger partial charge on any atom is -0.345 e. The topological polar surface area (TPSA) is 18.5 Å². The quantitative estimate of drug-likeness (QED) is 0.649. The van der Waals surface area contributed by atoms with Crippen LogP contribution in [0.1, 0.15) is 26.7 Å². The number of fused-ring (bicyclic) bond motifs is 1. The maximum atomic E-state index is 5.76. The molecule has 0 unspecified atom stereocenters. The van der Waals surface area contributed by atoms with Crippen molar-refractivity contribution >= 4 is 15.9 Å². The summed E-state index contributed by atoms with van der Waals surface area (Å²) in [5.74, 6) is 0.406. The third-order valence-electron chi connectivity index (χ3n) is 2.63. The molecule has 2 fully saturated rings. The largest absolute Gasteiger partial charge is 0.345 e. The van der Waals surface area contributed by atoms with Gasteiger partial charge in [0.1, 0.15) is 0 Å². The molecular formula is C9H15BrO2. The first-order chi connectivity index (χ1) is 5.61. The first kappa shape index (κ1) is 8.97. The van der Waals surface area contributed by atoms with Gasteiger partial charge in [0, 0.05) is 5.33 Å². The molecule has 70 valence electrons. The van der Waals surface area contributed by atoms with Crippen molar-refractivity contribution in [3.8, 4) is 0 Å². The lowest BCUT2D eigenvalue weighted by Crippen LogP contribution is -2.23. The fourth-order valence-corrected chi connectivity index (χ4v) is 2.72. The number of hydrogen-bond acceptors (Lipinski definition) is 2. The van der Waals surface area contributed by atoms with Crippen molar-refractivity contribution in [3.05, 3.63) is 0 Å². The summed E-state index contributed by atoms with van der Waals surface area (Å²) in [5, 5.41) is 1.08. The van der Waals surface area contributed by atoms with Crippen LogP contribution >= 0.6 is 15.9 Å². The molecule has 1 saturated heterocycles. The highest BCUT2D eigenvalue weighted by Crippen LogP contribution is 2.41.